The van der Waals surface area contributed by atoms with Gasteiger partial charge < -0.3 is 14.4 Å². The molecule has 0 aliphatic carbocycles. The average molecular weight is 419 g/mol. The standard InChI is InChI=1S/C26H30N2O3/c1-18(2)30-17-26(29)28-14-11-24(12-15-28)31-23-7-4-20(5-8-23)21-6-9-25-19(3)27-13-10-22(25)16-21/h4-10,13,16,18,24H,11-12,14-15,17H2,1-3H3. The number of ether oxygens (including phenoxy) is 2. The van der Waals surface area contributed by atoms with Crippen LogP contribution in [0.2, 0.25) is 0 Å². The van der Waals surface area contributed by atoms with E-state index < -0.39 is 0 Å². The molecule has 1 fully saturated rings. The number of likely N-dealkylation sites (tertiary alicyclic amines) is 1. The Bertz CT molecular complexity index is 1040. The number of hydrogen-bond donors (Lipinski definition) is 0. The Kier molecular flexibility index (Phi) is 6.52. The van der Waals surface area contributed by atoms with Gasteiger partial charge in [0.1, 0.15) is 18.5 Å². The molecule has 0 N–H and O–H groups in total. The van der Waals surface area contributed by atoms with Gasteiger partial charge in [0.25, 0.3) is 0 Å². The van der Waals surface area contributed by atoms with E-state index in [9.17, 15) is 4.79 Å². The molecule has 1 aliphatic heterocycles. The van der Waals surface area contributed by atoms with Crippen molar-refractivity contribution >= 4 is 16.7 Å². The molecule has 0 radical (unpaired) electrons. The maximum absolute atomic E-state index is 12.2. The summed E-state index contributed by atoms with van der Waals surface area (Å²) in [5.41, 5.74) is 3.39. The zero-order chi connectivity index (χ0) is 21.8. The molecule has 2 aromatic carbocycles. The molecule has 5 heteroatoms. The Balaban J connectivity index is 1.34. The van der Waals surface area contributed by atoms with Crippen LogP contribution in [0.15, 0.2) is 54.7 Å². The van der Waals surface area contributed by atoms with Crippen LogP contribution in [-0.4, -0.2) is 47.7 Å². The lowest BCUT2D eigenvalue weighted by Gasteiger charge is -2.32. The number of carbonyl (C=O) groups excluding carboxylic acids is 1. The van der Waals surface area contributed by atoms with E-state index in [-0.39, 0.29) is 24.7 Å². The Morgan fingerprint density at radius 1 is 1.06 bits per heavy atom. The second-order valence-electron chi connectivity index (χ2n) is 8.41. The van der Waals surface area contributed by atoms with Crippen LogP contribution in [0.4, 0.5) is 0 Å². The summed E-state index contributed by atoms with van der Waals surface area (Å²) in [6, 6.07) is 16.8. The normalized spacial score (nSPS) is 14.9. The fourth-order valence-electron chi connectivity index (χ4n) is 3.98. The van der Waals surface area contributed by atoms with Gasteiger partial charge in [0.2, 0.25) is 5.91 Å². The van der Waals surface area contributed by atoms with Gasteiger partial charge in [-0.05, 0) is 61.5 Å². The topological polar surface area (TPSA) is 51.7 Å². The van der Waals surface area contributed by atoms with Crippen LogP contribution in [0.3, 0.4) is 0 Å². The van der Waals surface area contributed by atoms with Crippen molar-refractivity contribution in [3.63, 3.8) is 0 Å². The van der Waals surface area contributed by atoms with Crippen LogP contribution in [-0.2, 0) is 9.53 Å². The number of hydrogen-bond acceptors (Lipinski definition) is 4. The lowest BCUT2D eigenvalue weighted by Crippen LogP contribution is -2.43. The lowest BCUT2D eigenvalue weighted by molar-refractivity contribution is -0.139. The van der Waals surface area contributed by atoms with Crippen LogP contribution < -0.4 is 4.74 Å². The van der Waals surface area contributed by atoms with Gasteiger partial charge in [-0.1, -0.05) is 24.3 Å². The molecular weight excluding hydrogens is 388 g/mol. The summed E-state index contributed by atoms with van der Waals surface area (Å²) >= 11 is 0. The molecule has 0 bridgehead atoms. The molecule has 31 heavy (non-hydrogen) atoms. The molecule has 1 amide bonds. The average Bonchev–Trinajstić information content (AvgIpc) is 2.78. The van der Waals surface area contributed by atoms with E-state index in [1.807, 2.05) is 44.0 Å². The molecule has 0 saturated carbocycles. The van der Waals surface area contributed by atoms with E-state index in [1.54, 1.807) is 0 Å². The third-order valence-electron chi connectivity index (χ3n) is 5.79. The van der Waals surface area contributed by atoms with Gasteiger partial charge in [-0.25, -0.2) is 0 Å². The first kappa shape index (κ1) is 21.3. The molecule has 0 spiro atoms. The fourth-order valence-corrected chi connectivity index (χ4v) is 3.98. The van der Waals surface area contributed by atoms with E-state index in [1.165, 1.54) is 16.3 Å². The zero-order valence-electron chi connectivity index (χ0n) is 18.5. The molecular formula is C26H30N2O3. The van der Waals surface area contributed by atoms with Crippen LogP contribution in [0, 0.1) is 6.92 Å². The van der Waals surface area contributed by atoms with Gasteiger partial charge in [0, 0.05) is 43.2 Å². The summed E-state index contributed by atoms with van der Waals surface area (Å²) in [5.74, 6) is 0.940. The predicted octanol–water partition coefficient (Wildman–Crippen LogP) is 5.01. The summed E-state index contributed by atoms with van der Waals surface area (Å²) in [5, 5.41) is 2.39. The third kappa shape index (κ3) is 5.23. The number of pyridine rings is 1. The number of nitrogens with zero attached hydrogens (tertiary/aromatic N) is 2. The van der Waals surface area contributed by atoms with Crippen LogP contribution >= 0.6 is 0 Å². The first-order valence-electron chi connectivity index (χ1n) is 11.0. The van der Waals surface area contributed by atoms with Crippen molar-refractivity contribution < 1.29 is 14.3 Å². The highest BCUT2D eigenvalue weighted by molar-refractivity contribution is 5.88. The molecule has 3 aromatic rings. The first-order chi connectivity index (χ1) is 15.0. The number of amides is 1. The van der Waals surface area contributed by atoms with Crippen LogP contribution in [0.5, 0.6) is 5.75 Å². The Labute approximate surface area is 184 Å². The number of piperidine rings is 1. The number of benzene rings is 2. The van der Waals surface area contributed by atoms with Gasteiger partial charge in [0.05, 0.1) is 6.10 Å². The molecule has 1 aliphatic rings. The summed E-state index contributed by atoms with van der Waals surface area (Å²) in [6.45, 7) is 7.51. The van der Waals surface area contributed by atoms with Crippen molar-refractivity contribution in [1.29, 1.82) is 0 Å². The molecule has 4 rings (SSSR count). The van der Waals surface area contributed by atoms with E-state index in [4.69, 9.17) is 9.47 Å². The molecule has 1 saturated heterocycles. The second-order valence-corrected chi connectivity index (χ2v) is 8.41. The largest absolute Gasteiger partial charge is 0.490 e. The van der Waals surface area contributed by atoms with Crippen molar-refractivity contribution in [2.24, 2.45) is 0 Å². The van der Waals surface area contributed by atoms with Crippen molar-refractivity contribution in [1.82, 2.24) is 9.88 Å². The summed E-state index contributed by atoms with van der Waals surface area (Å²) in [6.07, 6.45) is 3.75. The van der Waals surface area contributed by atoms with Crippen molar-refractivity contribution in [3.8, 4) is 16.9 Å². The highest BCUT2D eigenvalue weighted by Crippen LogP contribution is 2.28. The molecule has 0 unspecified atom stereocenters. The molecule has 1 aromatic heterocycles. The molecule has 162 valence electrons. The Morgan fingerprint density at radius 2 is 1.77 bits per heavy atom. The van der Waals surface area contributed by atoms with Gasteiger partial charge in [-0.15, -0.1) is 0 Å². The smallest absolute Gasteiger partial charge is 0.248 e. The molecule has 2 heterocycles. The monoisotopic (exact) mass is 418 g/mol. The summed E-state index contributed by atoms with van der Waals surface area (Å²) < 4.78 is 11.6. The maximum atomic E-state index is 12.2. The van der Waals surface area contributed by atoms with Crippen molar-refractivity contribution in [3.05, 3.63) is 60.4 Å². The summed E-state index contributed by atoms with van der Waals surface area (Å²) in [4.78, 5) is 18.4. The molecule has 0 atom stereocenters. The minimum absolute atomic E-state index is 0.0675. The van der Waals surface area contributed by atoms with Gasteiger partial charge >= 0.3 is 0 Å². The van der Waals surface area contributed by atoms with Crippen molar-refractivity contribution in [2.45, 2.75) is 45.8 Å². The second kappa shape index (κ2) is 9.48. The minimum atomic E-state index is 0.0675. The highest BCUT2D eigenvalue weighted by atomic mass is 16.5. The van der Waals surface area contributed by atoms with E-state index in [0.717, 1.165) is 29.8 Å². The third-order valence-corrected chi connectivity index (χ3v) is 5.79. The van der Waals surface area contributed by atoms with E-state index in [2.05, 4.69) is 41.4 Å². The number of aryl methyl sites for hydroxylation is 1. The number of carbonyl (C=O) groups is 1. The Morgan fingerprint density at radius 3 is 2.48 bits per heavy atom. The van der Waals surface area contributed by atoms with Gasteiger partial charge in [-0.2, -0.15) is 0 Å². The fraction of sp³-hybridized carbons (Fsp3) is 0.385. The maximum Gasteiger partial charge on any atom is 0.248 e. The SMILES string of the molecule is Cc1nccc2cc(-c3ccc(OC4CCN(C(=O)COC(C)C)CC4)cc3)ccc12. The quantitative estimate of drug-likeness (QED) is 0.565. The lowest BCUT2D eigenvalue weighted by atomic mass is 10.0. The van der Waals surface area contributed by atoms with Crippen LogP contribution in [0.25, 0.3) is 21.9 Å². The highest BCUT2D eigenvalue weighted by Gasteiger charge is 2.24. The number of rotatable bonds is 6. The van der Waals surface area contributed by atoms with Gasteiger partial charge in [-0.3, -0.25) is 9.78 Å². The first-order valence-corrected chi connectivity index (χ1v) is 11.0. The number of aromatic nitrogens is 1. The van der Waals surface area contributed by atoms with E-state index in [0.29, 0.717) is 13.1 Å². The number of fused-ring (bicyclic) bond motifs is 1. The molecule has 5 nitrogen and oxygen atoms in total. The van der Waals surface area contributed by atoms with Crippen molar-refractivity contribution in [2.75, 3.05) is 19.7 Å². The van der Waals surface area contributed by atoms with Crippen LogP contribution in [0.1, 0.15) is 32.4 Å². The van der Waals surface area contributed by atoms with Gasteiger partial charge in [0.15, 0.2) is 0 Å². The minimum Gasteiger partial charge on any atom is -0.490 e. The summed E-state index contributed by atoms with van der Waals surface area (Å²) in [7, 11) is 0. The van der Waals surface area contributed by atoms with E-state index >= 15 is 0 Å². The Hall–Kier alpha value is -2.92. The predicted molar refractivity (Wildman–Crippen MR) is 123 cm³/mol. The zero-order valence-corrected chi connectivity index (χ0v) is 18.5.